The molecule has 1 amide bonds. The Hall–Kier alpha value is -4.43. The van der Waals surface area contributed by atoms with Crippen molar-refractivity contribution in [3.05, 3.63) is 64.3 Å². The van der Waals surface area contributed by atoms with Crippen molar-refractivity contribution in [1.82, 2.24) is 5.32 Å². The number of alkyl halides is 3. The Morgan fingerprint density at radius 3 is 2.34 bits per heavy atom. The number of benzene rings is 2. The topological polar surface area (TPSA) is 186 Å². The fourth-order valence-corrected chi connectivity index (χ4v) is 3.75. The lowest BCUT2D eigenvalue weighted by atomic mass is 9.96. The number of amides is 1. The smallest absolute Gasteiger partial charge is 0.408 e. The second kappa shape index (κ2) is 9.46. The summed E-state index contributed by atoms with van der Waals surface area (Å²) in [6, 6.07) is 3.36. The van der Waals surface area contributed by atoms with Gasteiger partial charge in [-0.3, -0.25) is 9.59 Å². The van der Waals surface area contributed by atoms with Crippen molar-refractivity contribution in [2.75, 3.05) is 0 Å². The van der Waals surface area contributed by atoms with Crippen molar-refractivity contribution >= 4 is 17.8 Å². The zero-order valence-electron chi connectivity index (χ0n) is 19.2. The molecule has 2 aliphatic heterocycles. The summed E-state index contributed by atoms with van der Waals surface area (Å²) < 4.78 is 49.3. The summed E-state index contributed by atoms with van der Waals surface area (Å²) in [7, 11) is 0. The van der Waals surface area contributed by atoms with Gasteiger partial charge in [0, 0.05) is 11.6 Å². The number of aliphatic hydroxyl groups is 3. The third-order valence-corrected chi connectivity index (χ3v) is 5.87. The van der Waals surface area contributed by atoms with Gasteiger partial charge in [-0.15, -0.1) is 0 Å². The van der Waals surface area contributed by atoms with Crippen molar-refractivity contribution < 1.29 is 62.9 Å². The first kappa shape index (κ1) is 26.6. The molecule has 14 heteroatoms. The molecular formula is C24H20F3NO10. The van der Waals surface area contributed by atoms with Gasteiger partial charge in [-0.2, -0.15) is 13.2 Å². The van der Waals surface area contributed by atoms with Crippen LogP contribution in [0.2, 0.25) is 0 Å². The molecule has 0 bridgehead atoms. The number of hydrogen-bond acceptors (Lipinski definition) is 10. The van der Waals surface area contributed by atoms with Gasteiger partial charge in [0.1, 0.15) is 29.7 Å². The van der Waals surface area contributed by atoms with E-state index < -0.39 is 71.0 Å². The van der Waals surface area contributed by atoms with Gasteiger partial charge in [-0.25, -0.2) is 0 Å². The predicted molar refractivity (Wildman–Crippen MR) is 120 cm³/mol. The number of phenolic OH excluding ortho intramolecular Hbond substituents is 3. The number of rotatable bonds is 4. The fraction of sp³-hybridized carbons (Fsp3) is 0.250. The number of fused-ring (bicyclic) bond motifs is 1. The number of carbonyl (C=O) groups excluding carboxylic acids is 2. The normalized spacial score (nSPS) is 23.2. The van der Waals surface area contributed by atoms with Crippen molar-refractivity contribution in [2.45, 2.75) is 37.5 Å². The van der Waals surface area contributed by atoms with Crippen molar-refractivity contribution in [1.29, 1.82) is 0 Å². The van der Waals surface area contributed by atoms with Crippen LogP contribution in [-0.2, 0) is 9.53 Å². The zero-order valence-corrected chi connectivity index (χ0v) is 19.2. The van der Waals surface area contributed by atoms with E-state index in [1.807, 2.05) is 0 Å². The van der Waals surface area contributed by atoms with Gasteiger partial charge in [0.15, 0.2) is 34.9 Å². The van der Waals surface area contributed by atoms with Crippen LogP contribution in [-0.4, -0.2) is 66.8 Å². The average molecular weight is 539 g/mol. The highest BCUT2D eigenvalue weighted by atomic mass is 19.4. The molecule has 2 aliphatic rings. The lowest BCUT2D eigenvalue weighted by Gasteiger charge is -2.33. The summed E-state index contributed by atoms with van der Waals surface area (Å²) in [5, 5.41) is 61.8. The third-order valence-electron chi connectivity index (χ3n) is 5.87. The van der Waals surface area contributed by atoms with Crippen LogP contribution in [0.15, 0.2) is 47.6 Å². The van der Waals surface area contributed by atoms with E-state index >= 15 is 0 Å². The molecule has 2 heterocycles. The molecule has 0 radical (unpaired) electrons. The molecule has 4 atom stereocenters. The molecule has 0 saturated heterocycles. The van der Waals surface area contributed by atoms with E-state index in [9.17, 15) is 53.4 Å². The number of Topliss-reactive ketones (excluding diaryl/α,β-unsaturated/α-hetero) is 1. The monoisotopic (exact) mass is 539 g/mol. The van der Waals surface area contributed by atoms with Crippen LogP contribution < -0.4 is 10.1 Å². The van der Waals surface area contributed by atoms with E-state index in [-0.39, 0.29) is 28.2 Å². The Balaban J connectivity index is 1.65. The van der Waals surface area contributed by atoms with Gasteiger partial charge < -0.3 is 45.4 Å². The summed E-state index contributed by atoms with van der Waals surface area (Å²) >= 11 is 0. The first-order valence-electron chi connectivity index (χ1n) is 10.8. The van der Waals surface area contributed by atoms with Gasteiger partial charge in [0.2, 0.25) is 5.78 Å². The summed E-state index contributed by atoms with van der Waals surface area (Å²) in [6.45, 7) is 0.639. The quantitative estimate of drug-likeness (QED) is 0.225. The molecular weight excluding hydrogens is 519 g/mol. The van der Waals surface area contributed by atoms with E-state index in [0.29, 0.717) is 6.92 Å². The number of nitrogens with one attached hydrogen (secondary N) is 1. The maximum Gasteiger partial charge on any atom is 0.408 e. The number of aromatic hydroxyl groups is 3. The van der Waals surface area contributed by atoms with Crippen molar-refractivity contribution in [3.63, 3.8) is 0 Å². The summed E-state index contributed by atoms with van der Waals surface area (Å²) in [5.74, 6) is -6.28. The number of phenols is 3. The van der Waals surface area contributed by atoms with Gasteiger partial charge in [0.25, 0.3) is 5.91 Å². The molecule has 202 valence electrons. The SMILES string of the molecule is CC(NC(=O)C1OC(c2cc3c(cc2O)O/C(=C\c2ccc(O)c(O)c2)C3=O)C(O)=C(O)C1O)C(F)(F)F. The Morgan fingerprint density at radius 1 is 1.03 bits per heavy atom. The number of allylic oxidation sites excluding steroid dienone is 1. The Morgan fingerprint density at radius 2 is 1.71 bits per heavy atom. The molecule has 0 spiro atoms. The highest BCUT2D eigenvalue weighted by Crippen LogP contribution is 2.43. The number of hydrogen-bond donors (Lipinski definition) is 7. The van der Waals surface area contributed by atoms with Gasteiger partial charge >= 0.3 is 6.18 Å². The fourth-order valence-electron chi connectivity index (χ4n) is 3.75. The minimum Gasteiger partial charge on any atom is -0.507 e. The van der Waals surface area contributed by atoms with Crippen LogP contribution in [0.5, 0.6) is 23.0 Å². The van der Waals surface area contributed by atoms with Crippen molar-refractivity contribution in [3.8, 4) is 23.0 Å². The lowest BCUT2D eigenvalue weighted by Crippen LogP contribution is -2.53. The molecule has 4 rings (SSSR count). The first-order chi connectivity index (χ1) is 17.7. The standard InChI is InChI=1S/C24H20F3NO10/c1-8(24(25,26)27)28-23(36)22-20(35)18(33)19(34)21(38-22)10-6-11-15(7-13(10)30)37-16(17(11)32)5-9-2-3-12(29)14(31)4-9/h2-8,20-22,29-31,33-35H,1H3,(H,28,36)/b16-5-. The van der Waals surface area contributed by atoms with E-state index in [2.05, 4.69) is 0 Å². The molecule has 0 saturated carbocycles. The highest BCUT2D eigenvalue weighted by molar-refractivity contribution is 6.14. The summed E-state index contributed by atoms with van der Waals surface area (Å²) in [4.78, 5) is 25.3. The molecule has 2 aromatic carbocycles. The van der Waals surface area contributed by atoms with Crippen LogP contribution in [0.4, 0.5) is 13.2 Å². The zero-order chi connectivity index (χ0) is 28.1. The molecule has 11 nitrogen and oxygen atoms in total. The van der Waals surface area contributed by atoms with Crippen LogP contribution in [0, 0.1) is 0 Å². The number of ether oxygens (including phenoxy) is 2. The Bertz CT molecular complexity index is 1380. The predicted octanol–water partition coefficient (Wildman–Crippen LogP) is 2.62. The second-order valence-electron chi connectivity index (χ2n) is 8.52. The minimum atomic E-state index is -4.82. The molecule has 7 N–H and O–H groups in total. The number of aliphatic hydroxyl groups excluding tert-OH is 3. The van der Waals surface area contributed by atoms with Crippen LogP contribution in [0.3, 0.4) is 0 Å². The molecule has 2 aromatic rings. The van der Waals surface area contributed by atoms with Crippen LogP contribution in [0.1, 0.15) is 34.5 Å². The number of halogens is 3. The lowest BCUT2D eigenvalue weighted by molar-refractivity contribution is -0.170. The van der Waals surface area contributed by atoms with Gasteiger partial charge in [-0.05, 0) is 36.8 Å². The average Bonchev–Trinajstić information content (AvgIpc) is 3.13. The van der Waals surface area contributed by atoms with E-state index in [1.165, 1.54) is 18.2 Å². The summed E-state index contributed by atoms with van der Waals surface area (Å²) in [5.41, 5.74) is -0.249. The van der Waals surface area contributed by atoms with Crippen molar-refractivity contribution in [2.24, 2.45) is 0 Å². The second-order valence-corrected chi connectivity index (χ2v) is 8.52. The van der Waals surface area contributed by atoms with E-state index in [0.717, 1.165) is 18.2 Å². The highest BCUT2D eigenvalue weighted by Gasteiger charge is 2.46. The maximum absolute atomic E-state index is 12.9. The minimum absolute atomic E-state index is 0.123. The van der Waals surface area contributed by atoms with E-state index in [1.54, 1.807) is 5.32 Å². The first-order valence-corrected chi connectivity index (χ1v) is 10.8. The number of carbonyl (C=O) groups is 2. The molecule has 38 heavy (non-hydrogen) atoms. The molecule has 0 aliphatic carbocycles. The third kappa shape index (κ3) is 4.78. The van der Waals surface area contributed by atoms with Crippen LogP contribution in [0.25, 0.3) is 6.08 Å². The largest absolute Gasteiger partial charge is 0.507 e. The molecule has 0 fully saturated rings. The van der Waals surface area contributed by atoms with Gasteiger partial charge in [-0.1, -0.05) is 6.07 Å². The van der Waals surface area contributed by atoms with Crippen LogP contribution >= 0.6 is 0 Å². The number of ketones is 1. The molecule has 0 aromatic heterocycles. The molecule has 4 unspecified atom stereocenters. The Labute approximate surface area is 211 Å². The van der Waals surface area contributed by atoms with E-state index in [4.69, 9.17) is 9.47 Å². The van der Waals surface area contributed by atoms with Gasteiger partial charge in [0.05, 0.1) is 5.56 Å². The maximum atomic E-state index is 12.9. The Kier molecular flexibility index (Phi) is 6.63. The summed E-state index contributed by atoms with van der Waals surface area (Å²) in [6.07, 6.45) is -9.81.